The van der Waals surface area contributed by atoms with Gasteiger partial charge in [0.15, 0.2) is 0 Å². The molecule has 1 atom stereocenters. The SMILES string of the molecule is O=C1CC(C(=O)N(Cc2ccccc2)c2ccccc2)CN1Cc1ccco1. The Labute approximate surface area is 164 Å². The summed E-state index contributed by atoms with van der Waals surface area (Å²) in [6, 6.07) is 23.2. The molecular formula is C23H22N2O3. The van der Waals surface area contributed by atoms with Crippen LogP contribution in [-0.4, -0.2) is 23.3 Å². The van der Waals surface area contributed by atoms with Gasteiger partial charge in [-0.1, -0.05) is 48.5 Å². The molecule has 1 aliphatic heterocycles. The van der Waals surface area contributed by atoms with E-state index in [1.54, 1.807) is 22.1 Å². The van der Waals surface area contributed by atoms with Crippen LogP contribution >= 0.6 is 0 Å². The lowest BCUT2D eigenvalue weighted by molar-refractivity contribution is -0.129. The summed E-state index contributed by atoms with van der Waals surface area (Å²) in [5, 5.41) is 0. The predicted molar refractivity (Wildman–Crippen MR) is 106 cm³/mol. The minimum absolute atomic E-state index is 0.0116. The van der Waals surface area contributed by atoms with Crippen molar-refractivity contribution in [2.24, 2.45) is 5.92 Å². The lowest BCUT2D eigenvalue weighted by Crippen LogP contribution is -2.37. The van der Waals surface area contributed by atoms with Crippen LogP contribution in [0.25, 0.3) is 0 Å². The van der Waals surface area contributed by atoms with Gasteiger partial charge in [0.2, 0.25) is 11.8 Å². The molecule has 1 unspecified atom stereocenters. The molecular weight excluding hydrogens is 352 g/mol. The van der Waals surface area contributed by atoms with Crippen molar-refractivity contribution in [2.45, 2.75) is 19.5 Å². The lowest BCUT2D eigenvalue weighted by Gasteiger charge is -2.26. The van der Waals surface area contributed by atoms with Gasteiger partial charge in [0.05, 0.1) is 25.3 Å². The quantitative estimate of drug-likeness (QED) is 0.658. The van der Waals surface area contributed by atoms with Gasteiger partial charge >= 0.3 is 0 Å². The Morgan fingerprint density at radius 1 is 1.00 bits per heavy atom. The highest BCUT2D eigenvalue weighted by Crippen LogP contribution is 2.26. The molecule has 2 heterocycles. The smallest absolute Gasteiger partial charge is 0.232 e. The van der Waals surface area contributed by atoms with Crippen molar-refractivity contribution in [3.8, 4) is 0 Å². The van der Waals surface area contributed by atoms with Gasteiger partial charge in [-0.05, 0) is 29.8 Å². The number of hydrogen-bond acceptors (Lipinski definition) is 3. The molecule has 0 saturated carbocycles. The number of benzene rings is 2. The topological polar surface area (TPSA) is 53.8 Å². The normalized spacial score (nSPS) is 16.4. The predicted octanol–water partition coefficient (Wildman–Crippen LogP) is 3.86. The van der Waals surface area contributed by atoms with Gasteiger partial charge in [-0.25, -0.2) is 0 Å². The molecule has 0 spiro atoms. The van der Waals surface area contributed by atoms with E-state index in [4.69, 9.17) is 4.42 Å². The fraction of sp³-hybridized carbons (Fsp3) is 0.217. The molecule has 1 aromatic heterocycles. The average Bonchev–Trinajstić information content (AvgIpc) is 3.37. The van der Waals surface area contributed by atoms with Crippen molar-refractivity contribution in [3.05, 3.63) is 90.4 Å². The minimum atomic E-state index is -0.355. The van der Waals surface area contributed by atoms with Crippen LogP contribution in [0.3, 0.4) is 0 Å². The molecule has 28 heavy (non-hydrogen) atoms. The Bertz CT molecular complexity index is 923. The molecule has 1 fully saturated rings. The second-order valence-corrected chi connectivity index (χ2v) is 7.00. The maximum atomic E-state index is 13.4. The number of carbonyl (C=O) groups excluding carboxylic acids is 2. The van der Waals surface area contributed by atoms with Crippen molar-refractivity contribution in [3.63, 3.8) is 0 Å². The highest BCUT2D eigenvalue weighted by Gasteiger charge is 2.37. The van der Waals surface area contributed by atoms with E-state index in [2.05, 4.69) is 0 Å². The number of likely N-dealkylation sites (tertiary alicyclic amines) is 1. The molecule has 1 aliphatic rings. The summed E-state index contributed by atoms with van der Waals surface area (Å²) in [5.41, 5.74) is 1.89. The molecule has 1 saturated heterocycles. The van der Waals surface area contributed by atoms with E-state index in [0.717, 1.165) is 17.0 Å². The van der Waals surface area contributed by atoms with Gasteiger partial charge in [-0.15, -0.1) is 0 Å². The third-order valence-electron chi connectivity index (χ3n) is 5.01. The van der Waals surface area contributed by atoms with Crippen LogP contribution in [-0.2, 0) is 22.7 Å². The summed E-state index contributed by atoms with van der Waals surface area (Å²) in [4.78, 5) is 29.3. The summed E-state index contributed by atoms with van der Waals surface area (Å²) in [7, 11) is 0. The second kappa shape index (κ2) is 8.13. The third kappa shape index (κ3) is 3.98. The van der Waals surface area contributed by atoms with E-state index < -0.39 is 0 Å². The van der Waals surface area contributed by atoms with Crippen molar-refractivity contribution < 1.29 is 14.0 Å². The number of carbonyl (C=O) groups is 2. The zero-order valence-electron chi connectivity index (χ0n) is 15.5. The largest absolute Gasteiger partial charge is 0.467 e. The van der Waals surface area contributed by atoms with Crippen LogP contribution in [0.4, 0.5) is 5.69 Å². The summed E-state index contributed by atoms with van der Waals surface area (Å²) in [6.45, 7) is 1.29. The molecule has 0 bridgehead atoms. The van der Waals surface area contributed by atoms with Crippen molar-refractivity contribution in [1.29, 1.82) is 0 Å². The van der Waals surface area contributed by atoms with Crippen molar-refractivity contribution in [2.75, 3.05) is 11.4 Å². The molecule has 5 heteroatoms. The van der Waals surface area contributed by atoms with Crippen LogP contribution < -0.4 is 4.90 Å². The molecule has 3 aromatic rings. The minimum Gasteiger partial charge on any atom is -0.467 e. The first-order valence-corrected chi connectivity index (χ1v) is 9.41. The third-order valence-corrected chi connectivity index (χ3v) is 5.01. The van der Waals surface area contributed by atoms with E-state index in [-0.39, 0.29) is 24.2 Å². The number of para-hydroxylation sites is 1. The monoisotopic (exact) mass is 374 g/mol. The van der Waals surface area contributed by atoms with Gasteiger partial charge in [0.25, 0.3) is 0 Å². The summed E-state index contributed by atoms with van der Waals surface area (Å²) >= 11 is 0. The zero-order valence-corrected chi connectivity index (χ0v) is 15.5. The van der Waals surface area contributed by atoms with Crippen LogP contribution in [0, 0.1) is 5.92 Å². The average molecular weight is 374 g/mol. The zero-order chi connectivity index (χ0) is 19.3. The standard InChI is InChI=1S/C23H22N2O3/c26-22-14-19(16-24(22)17-21-12-7-13-28-21)23(27)25(20-10-5-2-6-11-20)15-18-8-3-1-4-9-18/h1-13,19H,14-17H2. The summed E-state index contributed by atoms with van der Waals surface area (Å²) < 4.78 is 5.35. The summed E-state index contributed by atoms with van der Waals surface area (Å²) in [5.74, 6) is 0.338. The Morgan fingerprint density at radius 2 is 1.71 bits per heavy atom. The molecule has 2 amide bonds. The van der Waals surface area contributed by atoms with E-state index in [0.29, 0.717) is 19.6 Å². The number of hydrogen-bond donors (Lipinski definition) is 0. The molecule has 5 nitrogen and oxygen atoms in total. The molecule has 4 rings (SSSR count). The van der Waals surface area contributed by atoms with Crippen molar-refractivity contribution >= 4 is 17.5 Å². The summed E-state index contributed by atoms with van der Waals surface area (Å²) in [6.07, 6.45) is 1.83. The molecule has 0 aliphatic carbocycles. The number of nitrogens with zero attached hydrogens (tertiary/aromatic N) is 2. The van der Waals surface area contributed by atoms with E-state index in [1.807, 2.05) is 66.7 Å². The van der Waals surface area contributed by atoms with Crippen LogP contribution in [0.15, 0.2) is 83.5 Å². The molecule has 142 valence electrons. The van der Waals surface area contributed by atoms with Gasteiger partial charge < -0.3 is 14.2 Å². The highest BCUT2D eigenvalue weighted by molar-refractivity contribution is 5.99. The fourth-order valence-electron chi connectivity index (χ4n) is 3.57. The molecule has 0 radical (unpaired) electrons. The van der Waals surface area contributed by atoms with E-state index in [9.17, 15) is 9.59 Å². The Morgan fingerprint density at radius 3 is 2.39 bits per heavy atom. The second-order valence-electron chi connectivity index (χ2n) is 7.00. The van der Waals surface area contributed by atoms with E-state index >= 15 is 0 Å². The van der Waals surface area contributed by atoms with Gasteiger partial charge in [-0.3, -0.25) is 9.59 Å². The lowest BCUT2D eigenvalue weighted by atomic mass is 10.1. The van der Waals surface area contributed by atoms with Crippen LogP contribution in [0.2, 0.25) is 0 Å². The first-order chi connectivity index (χ1) is 13.7. The van der Waals surface area contributed by atoms with Gasteiger partial charge in [0.1, 0.15) is 5.76 Å². The molecule has 2 aromatic carbocycles. The maximum Gasteiger partial charge on any atom is 0.232 e. The number of furan rings is 1. The maximum absolute atomic E-state index is 13.4. The number of anilines is 1. The van der Waals surface area contributed by atoms with Crippen molar-refractivity contribution in [1.82, 2.24) is 4.90 Å². The van der Waals surface area contributed by atoms with Crippen LogP contribution in [0.5, 0.6) is 0 Å². The Kier molecular flexibility index (Phi) is 5.24. The fourth-order valence-corrected chi connectivity index (χ4v) is 3.57. The van der Waals surface area contributed by atoms with Gasteiger partial charge in [0, 0.05) is 18.7 Å². The molecule has 0 N–H and O–H groups in total. The van der Waals surface area contributed by atoms with E-state index in [1.165, 1.54) is 0 Å². The van der Waals surface area contributed by atoms with Gasteiger partial charge in [-0.2, -0.15) is 0 Å². The Hall–Kier alpha value is -3.34. The first-order valence-electron chi connectivity index (χ1n) is 9.41. The number of rotatable bonds is 6. The highest BCUT2D eigenvalue weighted by atomic mass is 16.3. The van der Waals surface area contributed by atoms with Crippen LogP contribution in [0.1, 0.15) is 17.7 Å². The first kappa shape index (κ1) is 18.0. The number of amides is 2. The Balaban J connectivity index is 1.53.